The Hall–Kier alpha value is -1.84. The number of rotatable bonds is 5. The number of thiazole rings is 1. The lowest BCUT2D eigenvalue weighted by Gasteiger charge is -2.21. The van der Waals surface area contributed by atoms with Crippen molar-refractivity contribution < 1.29 is 18.0 Å². The average Bonchev–Trinajstić information content (AvgIpc) is 2.89. The smallest absolute Gasteiger partial charge is 0.356 e. The molecule has 136 valence electrons. The molecule has 0 aliphatic carbocycles. The summed E-state index contributed by atoms with van der Waals surface area (Å²) in [7, 11) is 1.54. The average molecular weight is 365 g/mol. The van der Waals surface area contributed by atoms with Gasteiger partial charge in [0, 0.05) is 30.9 Å². The Bertz CT molecular complexity index is 578. The van der Waals surface area contributed by atoms with Crippen LogP contribution < -0.4 is 16.0 Å². The number of nitrogens with one attached hydrogen (secondary N) is 3. The topological polar surface area (TPSA) is 78.4 Å². The number of carbonyl (C=O) groups is 1. The largest absolute Gasteiger partial charge is 0.434 e. The Morgan fingerprint density at radius 3 is 2.46 bits per heavy atom. The van der Waals surface area contributed by atoms with Crippen LogP contribution in [0.4, 0.5) is 13.2 Å². The minimum Gasteiger partial charge on any atom is -0.356 e. The summed E-state index contributed by atoms with van der Waals surface area (Å²) in [5.74, 6) is 0.215. The van der Waals surface area contributed by atoms with Gasteiger partial charge in [-0.3, -0.25) is 9.79 Å². The van der Waals surface area contributed by atoms with E-state index in [1.165, 1.54) is 0 Å². The summed E-state index contributed by atoms with van der Waals surface area (Å²) in [5, 5.41) is 9.95. The van der Waals surface area contributed by atoms with Crippen molar-refractivity contribution in [2.24, 2.45) is 4.99 Å². The molecule has 1 rings (SSSR count). The minimum atomic E-state index is -4.42. The van der Waals surface area contributed by atoms with Crippen LogP contribution in [0.2, 0.25) is 0 Å². The van der Waals surface area contributed by atoms with E-state index < -0.39 is 11.9 Å². The van der Waals surface area contributed by atoms with Gasteiger partial charge in [0.25, 0.3) is 0 Å². The van der Waals surface area contributed by atoms with E-state index in [1.807, 2.05) is 20.8 Å². The number of hydrogen-bond donors (Lipinski definition) is 3. The number of halogens is 3. The third-order valence-electron chi connectivity index (χ3n) is 2.63. The lowest BCUT2D eigenvalue weighted by atomic mass is 10.1. The first-order chi connectivity index (χ1) is 11.0. The van der Waals surface area contributed by atoms with Gasteiger partial charge in [-0.15, -0.1) is 11.3 Å². The van der Waals surface area contributed by atoms with Gasteiger partial charge < -0.3 is 16.0 Å². The fraction of sp³-hybridized carbons (Fsp3) is 0.643. The molecule has 0 bridgehead atoms. The van der Waals surface area contributed by atoms with Crippen LogP contribution in [-0.2, 0) is 17.4 Å². The lowest BCUT2D eigenvalue weighted by molar-refractivity contribution is -0.140. The van der Waals surface area contributed by atoms with Crippen LogP contribution in [0, 0.1) is 0 Å². The summed E-state index contributed by atoms with van der Waals surface area (Å²) in [5.41, 5.74) is -1.19. The van der Waals surface area contributed by atoms with E-state index >= 15 is 0 Å². The van der Waals surface area contributed by atoms with Gasteiger partial charge in [-0.25, -0.2) is 4.98 Å². The third-order valence-corrected chi connectivity index (χ3v) is 3.54. The highest BCUT2D eigenvalue weighted by Gasteiger charge is 2.33. The van der Waals surface area contributed by atoms with Gasteiger partial charge in [0.1, 0.15) is 0 Å². The van der Waals surface area contributed by atoms with Gasteiger partial charge in [0.05, 0.1) is 11.6 Å². The predicted molar refractivity (Wildman–Crippen MR) is 88.1 cm³/mol. The van der Waals surface area contributed by atoms with Crippen molar-refractivity contribution in [2.45, 2.75) is 38.9 Å². The normalized spacial score (nSPS) is 12.9. The molecule has 10 heteroatoms. The highest BCUT2D eigenvalue weighted by atomic mass is 32.1. The molecule has 0 aliphatic rings. The van der Waals surface area contributed by atoms with Gasteiger partial charge in [0.15, 0.2) is 11.7 Å². The molecule has 0 aromatic carbocycles. The molecule has 0 aliphatic heterocycles. The summed E-state index contributed by atoms with van der Waals surface area (Å²) < 4.78 is 37.4. The summed E-state index contributed by atoms with van der Waals surface area (Å²) in [4.78, 5) is 19.2. The van der Waals surface area contributed by atoms with E-state index in [2.05, 4.69) is 25.9 Å². The zero-order chi connectivity index (χ0) is 18.4. The molecule has 1 aromatic heterocycles. The highest BCUT2D eigenvalue weighted by molar-refractivity contribution is 7.09. The molecule has 24 heavy (non-hydrogen) atoms. The second-order valence-corrected chi connectivity index (χ2v) is 6.97. The van der Waals surface area contributed by atoms with Gasteiger partial charge in [-0.05, 0) is 20.8 Å². The van der Waals surface area contributed by atoms with Crippen molar-refractivity contribution in [3.05, 3.63) is 16.1 Å². The third kappa shape index (κ3) is 7.62. The lowest BCUT2D eigenvalue weighted by Crippen LogP contribution is -2.48. The molecule has 0 saturated heterocycles. The number of guanidine groups is 1. The zero-order valence-corrected chi connectivity index (χ0v) is 14.9. The van der Waals surface area contributed by atoms with Crippen LogP contribution in [0.3, 0.4) is 0 Å². The SMILES string of the molecule is CN=C(NCCc1nc(C(F)(F)F)cs1)NCC(=O)NC(C)(C)C. The summed E-state index contributed by atoms with van der Waals surface area (Å²) >= 11 is 0.965. The number of carbonyl (C=O) groups excluding carboxylic acids is 1. The molecular formula is C14H22F3N5OS. The monoisotopic (exact) mass is 365 g/mol. The van der Waals surface area contributed by atoms with Crippen molar-refractivity contribution in [3.63, 3.8) is 0 Å². The van der Waals surface area contributed by atoms with Crippen molar-refractivity contribution in [2.75, 3.05) is 20.1 Å². The second-order valence-electron chi connectivity index (χ2n) is 6.02. The maximum atomic E-state index is 12.5. The molecular weight excluding hydrogens is 343 g/mol. The van der Waals surface area contributed by atoms with E-state index in [0.717, 1.165) is 16.7 Å². The van der Waals surface area contributed by atoms with Crippen molar-refractivity contribution in [3.8, 4) is 0 Å². The first kappa shape index (κ1) is 20.2. The van der Waals surface area contributed by atoms with Crippen LogP contribution in [0.5, 0.6) is 0 Å². The molecule has 0 spiro atoms. The Morgan fingerprint density at radius 1 is 1.29 bits per heavy atom. The Balaban J connectivity index is 2.37. The van der Waals surface area contributed by atoms with Crippen molar-refractivity contribution >= 4 is 23.2 Å². The van der Waals surface area contributed by atoms with Crippen LogP contribution in [0.15, 0.2) is 10.4 Å². The van der Waals surface area contributed by atoms with Gasteiger partial charge in [-0.1, -0.05) is 0 Å². The zero-order valence-electron chi connectivity index (χ0n) is 14.0. The van der Waals surface area contributed by atoms with E-state index in [-0.39, 0.29) is 18.0 Å². The molecule has 1 amide bonds. The second kappa shape index (κ2) is 8.32. The maximum absolute atomic E-state index is 12.5. The Kier molecular flexibility index (Phi) is 7.00. The van der Waals surface area contributed by atoms with Crippen LogP contribution in [0.25, 0.3) is 0 Å². The molecule has 0 saturated carbocycles. The quantitative estimate of drug-likeness (QED) is 0.549. The Labute approximate surface area is 143 Å². The Morgan fingerprint density at radius 2 is 1.96 bits per heavy atom. The fourth-order valence-corrected chi connectivity index (χ4v) is 2.50. The first-order valence-corrected chi connectivity index (χ1v) is 8.16. The molecule has 0 radical (unpaired) electrons. The predicted octanol–water partition coefficient (Wildman–Crippen LogP) is 1.78. The number of amides is 1. The first-order valence-electron chi connectivity index (χ1n) is 7.28. The van der Waals surface area contributed by atoms with Crippen LogP contribution in [0.1, 0.15) is 31.5 Å². The fourth-order valence-electron chi connectivity index (χ4n) is 1.69. The molecule has 0 fully saturated rings. The van der Waals surface area contributed by atoms with E-state index in [9.17, 15) is 18.0 Å². The van der Waals surface area contributed by atoms with Crippen LogP contribution in [-0.4, -0.2) is 42.5 Å². The van der Waals surface area contributed by atoms with E-state index in [4.69, 9.17) is 0 Å². The van der Waals surface area contributed by atoms with Crippen LogP contribution >= 0.6 is 11.3 Å². The number of aliphatic imine (C=N–C) groups is 1. The summed E-state index contributed by atoms with van der Waals surface area (Å²) in [6.07, 6.45) is -4.09. The molecule has 0 unspecified atom stereocenters. The van der Waals surface area contributed by atoms with Crippen molar-refractivity contribution in [1.82, 2.24) is 20.9 Å². The number of hydrogen-bond acceptors (Lipinski definition) is 4. The van der Waals surface area contributed by atoms with Crippen molar-refractivity contribution in [1.29, 1.82) is 0 Å². The number of alkyl halides is 3. The molecule has 1 heterocycles. The number of aromatic nitrogens is 1. The molecule has 6 nitrogen and oxygen atoms in total. The number of nitrogens with zero attached hydrogens (tertiary/aromatic N) is 2. The highest BCUT2D eigenvalue weighted by Crippen LogP contribution is 2.29. The summed E-state index contributed by atoms with van der Waals surface area (Å²) in [6.45, 7) is 6.03. The van der Waals surface area contributed by atoms with Gasteiger partial charge in [0.2, 0.25) is 5.91 Å². The van der Waals surface area contributed by atoms with Gasteiger partial charge in [-0.2, -0.15) is 13.2 Å². The molecule has 3 N–H and O–H groups in total. The molecule has 0 atom stereocenters. The van der Waals surface area contributed by atoms with Gasteiger partial charge >= 0.3 is 6.18 Å². The maximum Gasteiger partial charge on any atom is 0.434 e. The van der Waals surface area contributed by atoms with E-state index in [0.29, 0.717) is 23.9 Å². The standard InChI is InChI=1S/C14H22F3N5OS/c1-13(2,3)22-10(23)7-20-12(18-4)19-6-5-11-21-9(8-24-11)14(15,16)17/h8H,5-7H2,1-4H3,(H,22,23)(H2,18,19,20). The molecule has 1 aromatic rings. The summed E-state index contributed by atoms with van der Waals surface area (Å²) in [6, 6.07) is 0. The minimum absolute atomic E-state index is 0.0480. The van der Waals surface area contributed by atoms with E-state index in [1.54, 1.807) is 7.05 Å².